The summed E-state index contributed by atoms with van der Waals surface area (Å²) in [5.41, 5.74) is 2.66. The highest BCUT2D eigenvalue weighted by molar-refractivity contribution is 5.15. The highest BCUT2D eigenvalue weighted by Gasteiger charge is 2.06. The van der Waals surface area contributed by atoms with E-state index in [4.69, 9.17) is 0 Å². The van der Waals surface area contributed by atoms with E-state index in [1.807, 2.05) is 0 Å². The van der Waals surface area contributed by atoms with Crippen molar-refractivity contribution in [3.63, 3.8) is 0 Å². The summed E-state index contributed by atoms with van der Waals surface area (Å²) in [4.78, 5) is 7.99. The van der Waals surface area contributed by atoms with Crippen molar-refractivity contribution < 1.29 is 0 Å². The van der Waals surface area contributed by atoms with Gasteiger partial charge in [-0.15, -0.1) is 0 Å². The van der Waals surface area contributed by atoms with Gasteiger partial charge >= 0.3 is 0 Å². The molecule has 0 unspecified atom stereocenters. The molecule has 0 radical (unpaired) electrons. The van der Waals surface area contributed by atoms with Gasteiger partial charge in [-0.05, 0) is 12.8 Å². The van der Waals surface area contributed by atoms with E-state index in [1.165, 1.54) is 24.2 Å². The molecule has 0 fully saturated rings. The minimum absolute atomic E-state index is 1.01. The van der Waals surface area contributed by atoms with Crippen LogP contribution in [0.2, 0.25) is 0 Å². The molecule has 74 valence electrons. The van der Waals surface area contributed by atoms with Gasteiger partial charge in [-0.1, -0.05) is 33.6 Å². The molecule has 1 aromatic rings. The van der Waals surface area contributed by atoms with E-state index < -0.39 is 0 Å². The Kier molecular flexibility index (Phi) is 4.00. The summed E-state index contributed by atoms with van der Waals surface area (Å²) < 4.78 is 0. The van der Waals surface area contributed by atoms with Gasteiger partial charge < -0.3 is 4.98 Å². The molecule has 0 aliphatic heterocycles. The molecule has 2 nitrogen and oxygen atoms in total. The van der Waals surface area contributed by atoms with Gasteiger partial charge in [0, 0.05) is 12.1 Å². The minimum Gasteiger partial charge on any atom is -0.346 e. The normalized spacial score (nSPS) is 10.7. The van der Waals surface area contributed by atoms with E-state index in [0.29, 0.717) is 0 Å². The van der Waals surface area contributed by atoms with Crippen molar-refractivity contribution in [3.8, 4) is 0 Å². The molecule has 0 aromatic carbocycles. The second-order valence-electron chi connectivity index (χ2n) is 3.46. The summed E-state index contributed by atoms with van der Waals surface area (Å²) in [6.45, 7) is 6.56. The Labute approximate surface area is 80.8 Å². The number of aryl methyl sites for hydroxylation is 3. The predicted octanol–water partition coefficient (Wildman–Crippen LogP) is 2.88. The van der Waals surface area contributed by atoms with Crippen LogP contribution in [-0.2, 0) is 19.3 Å². The standard InChI is InChI=1S/C11H20N2/c1-4-7-9-10(8-5-2)13-11(6-3)12-9/h4-8H2,1-3H3,(H,12,13). The molecule has 0 saturated heterocycles. The summed E-state index contributed by atoms with van der Waals surface area (Å²) in [5.74, 6) is 1.15. The number of imidazole rings is 1. The van der Waals surface area contributed by atoms with Crippen molar-refractivity contribution in [1.29, 1.82) is 0 Å². The Bertz CT molecular complexity index is 227. The third-order valence-corrected chi connectivity index (χ3v) is 2.24. The smallest absolute Gasteiger partial charge is 0.106 e. The first-order chi connectivity index (χ1) is 6.31. The lowest BCUT2D eigenvalue weighted by atomic mass is 10.1. The average Bonchev–Trinajstić information content (AvgIpc) is 2.50. The first kappa shape index (κ1) is 10.3. The van der Waals surface area contributed by atoms with E-state index >= 15 is 0 Å². The minimum atomic E-state index is 1.01. The lowest BCUT2D eigenvalue weighted by molar-refractivity contribution is 0.831. The van der Waals surface area contributed by atoms with Gasteiger partial charge in [-0.2, -0.15) is 0 Å². The Hall–Kier alpha value is -0.790. The Morgan fingerprint density at radius 3 is 2.31 bits per heavy atom. The molecule has 1 aromatic heterocycles. The van der Waals surface area contributed by atoms with Gasteiger partial charge in [-0.3, -0.25) is 0 Å². The number of hydrogen-bond donors (Lipinski definition) is 1. The van der Waals surface area contributed by atoms with Crippen LogP contribution >= 0.6 is 0 Å². The number of nitrogens with zero attached hydrogens (tertiary/aromatic N) is 1. The summed E-state index contributed by atoms with van der Waals surface area (Å²) in [6, 6.07) is 0. The molecular weight excluding hydrogens is 160 g/mol. The SMILES string of the molecule is CCCc1nc(CC)[nH]c1CCC. The summed E-state index contributed by atoms with van der Waals surface area (Å²) in [6.07, 6.45) is 5.65. The summed E-state index contributed by atoms with van der Waals surface area (Å²) in [5, 5.41) is 0. The molecule has 1 rings (SSSR count). The number of rotatable bonds is 5. The fraction of sp³-hybridized carbons (Fsp3) is 0.727. The first-order valence-electron chi connectivity index (χ1n) is 5.38. The van der Waals surface area contributed by atoms with Crippen LogP contribution in [0.5, 0.6) is 0 Å². The molecule has 1 heterocycles. The van der Waals surface area contributed by atoms with Crippen molar-refractivity contribution in [1.82, 2.24) is 9.97 Å². The molecule has 0 amide bonds. The monoisotopic (exact) mass is 180 g/mol. The van der Waals surface area contributed by atoms with Gasteiger partial charge in [0.2, 0.25) is 0 Å². The fourth-order valence-electron chi connectivity index (χ4n) is 1.57. The summed E-state index contributed by atoms with van der Waals surface area (Å²) >= 11 is 0. The van der Waals surface area contributed by atoms with Gasteiger partial charge in [0.05, 0.1) is 5.69 Å². The lowest BCUT2D eigenvalue weighted by Gasteiger charge is -1.97. The number of aromatic nitrogens is 2. The molecule has 0 aliphatic rings. The molecule has 0 bridgehead atoms. The van der Waals surface area contributed by atoms with E-state index in [9.17, 15) is 0 Å². The largest absolute Gasteiger partial charge is 0.346 e. The van der Waals surface area contributed by atoms with Gasteiger partial charge in [0.1, 0.15) is 5.82 Å². The lowest BCUT2D eigenvalue weighted by Crippen LogP contribution is -1.91. The molecule has 0 spiro atoms. The molecule has 13 heavy (non-hydrogen) atoms. The van der Waals surface area contributed by atoms with Crippen LogP contribution in [0.25, 0.3) is 0 Å². The zero-order valence-corrected chi connectivity index (χ0v) is 8.98. The van der Waals surface area contributed by atoms with Crippen molar-refractivity contribution in [3.05, 3.63) is 17.2 Å². The van der Waals surface area contributed by atoms with Gasteiger partial charge in [0.15, 0.2) is 0 Å². The second kappa shape index (κ2) is 5.05. The molecular formula is C11H20N2. The van der Waals surface area contributed by atoms with Crippen LogP contribution in [0.3, 0.4) is 0 Å². The van der Waals surface area contributed by atoms with Crippen LogP contribution in [-0.4, -0.2) is 9.97 Å². The highest BCUT2D eigenvalue weighted by Crippen LogP contribution is 2.11. The van der Waals surface area contributed by atoms with Gasteiger partial charge in [-0.25, -0.2) is 4.98 Å². The van der Waals surface area contributed by atoms with Crippen LogP contribution < -0.4 is 0 Å². The van der Waals surface area contributed by atoms with Gasteiger partial charge in [0.25, 0.3) is 0 Å². The Balaban J connectivity index is 2.79. The third-order valence-electron chi connectivity index (χ3n) is 2.24. The maximum atomic E-state index is 4.58. The van der Waals surface area contributed by atoms with Crippen LogP contribution in [0.4, 0.5) is 0 Å². The maximum Gasteiger partial charge on any atom is 0.106 e. The zero-order chi connectivity index (χ0) is 9.68. The van der Waals surface area contributed by atoms with E-state index in [-0.39, 0.29) is 0 Å². The summed E-state index contributed by atoms with van der Waals surface area (Å²) in [7, 11) is 0. The number of H-pyrrole nitrogens is 1. The predicted molar refractivity (Wildman–Crippen MR) is 56.0 cm³/mol. The number of aromatic amines is 1. The quantitative estimate of drug-likeness (QED) is 0.741. The molecule has 2 heteroatoms. The number of nitrogens with one attached hydrogen (secondary N) is 1. The highest BCUT2D eigenvalue weighted by atomic mass is 14.9. The first-order valence-corrected chi connectivity index (χ1v) is 5.38. The molecule has 0 aliphatic carbocycles. The van der Waals surface area contributed by atoms with E-state index in [0.717, 1.165) is 25.1 Å². The molecule has 1 N–H and O–H groups in total. The zero-order valence-electron chi connectivity index (χ0n) is 8.98. The maximum absolute atomic E-state index is 4.58. The number of hydrogen-bond acceptors (Lipinski definition) is 1. The van der Waals surface area contributed by atoms with E-state index in [1.54, 1.807) is 0 Å². The Morgan fingerprint density at radius 1 is 1.08 bits per heavy atom. The van der Waals surface area contributed by atoms with Crippen LogP contribution in [0.15, 0.2) is 0 Å². The van der Waals surface area contributed by atoms with E-state index in [2.05, 4.69) is 30.7 Å². The van der Waals surface area contributed by atoms with Crippen molar-refractivity contribution >= 4 is 0 Å². The Morgan fingerprint density at radius 2 is 1.77 bits per heavy atom. The third kappa shape index (κ3) is 2.58. The average molecular weight is 180 g/mol. The molecule has 0 atom stereocenters. The van der Waals surface area contributed by atoms with Crippen LogP contribution in [0, 0.1) is 0 Å². The molecule has 0 saturated carbocycles. The van der Waals surface area contributed by atoms with Crippen molar-refractivity contribution in [2.75, 3.05) is 0 Å². The fourth-order valence-corrected chi connectivity index (χ4v) is 1.57. The van der Waals surface area contributed by atoms with Crippen LogP contribution in [0.1, 0.15) is 50.8 Å². The second-order valence-corrected chi connectivity index (χ2v) is 3.46. The topological polar surface area (TPSA) is 28.7 Å². The van der Waals surface area contributed by atoms with Crippen molar-refractivity contribution in [2.24, 2.45) is 0 Å². The van der Waals surface area contributed by atoms with Crippen molar-refractivity contribution in [2.45, 2.75) is 52.9 Å².